The predicted molar refractivity (Wildman–Crippen MR) is 58.8 cm³/mol. The zero-order valence-corrected chi connectivity index (χ0v) is 10.3. The second-order valence-electron chi connectivity index (χ2n) is 3.57. The molecule has 2 N–H and O–H groups in total. The van der Waals surface area contributed by atoms with Crippen molar-refractivity contribution >= 4 is 16.9 Å². The Bertz CT molecular complexity index is 482. The molecule has 0 aliphatic rings. The summed E-state index contributed by atoms with van der Waals surface area (Å²) in [5.74, 6) is -10.2. The second-order valence-corrected chi connectivity index (χ2v) is 4.57. The lowest BCUT2D eigenvalue weighted by Gasteiger charge is -2.07. The molecule has 0 unspecified atom stereocenters. The summed E-state index contributed by atoms with van der Waals surface area (Å²) < 4.78 is 66.5. The molecule has 0 aliphatic heterocycles. The normalized spacial score (nSPS) is 10.6. The molecule has 0 spiro atoms. The molecular weight excluding hydrogens is 275 g/mol. The highest BCUT2D eigenvalue weighted by molar-refractivity contribution is 8.12. The summed E-state index contributed by atoms with van der Waals surface area (Å²) in [4.78, 5) is 0. The highest BCUT2D eigenvalue weighted by atomic mass is 32.2. The maximum atomic E-state index is 13.3. The lowest BCUT2D eigenvalue weighted by Crippen LogP contribution is -2.19. The van der Waals surface area contributed by atoms with Gasteiger partial charge >= 0.3 is 5.17 Å². The highest BCUT2D eigenvalue weighted by Gasteiger charge is 2.26. The summed E-state index contributed by atoms with van der Waals surface area (Å²) in [6.45, 7) is 0. The average molecular weight is 285 g/mol. The third-order valence-corrected chi connectivity index (χ3v) is 3.20. The van der Waals surface area contributed by atoms with E-state index in [0.29, 0.717) is 0 Å². The zero-order valence-electron chi connectivity index (χ0n) is 9.53. The van der Waals surface area contributed by atoms with Gasteiger partial charge in [-0.15, -0.1) is 0 Å². The number of thioether (sulfide) groups is 1. The molecular formula is C10H10F5N2S+. The van der Waals surface area contributed by atoms with Crippen LogP contribution < -0.4 is 5.73 Å². The molecule has 0 radical (unpaired) electrons. The Kier molecular flexibility index (Phi) is 4.55. The van der Waals surface area contributed by atoms with Gasteiger partial charge in [-0.1, -0.05) is 0 Å². The molecule has 0 bridgehead atoms. The fourth-order valence-corrected chi connectivity index (χ4v) is 1.86. The van der Waals surface area contributed by atoms with Crippen LogP contribution in [0.4, 0.5) is 22.0 Å². The van der Waals surface area contributed by atoms with Crippen molar-refractivity contribution in [1.82, 2.24) is 0 Å². The SMILES string of the molecule is C[N+](C)=C(N)SCc1c(F)c(F)c(F)c(F)c1F. The van der Waals surface area contributed by atoms with Crippen molar-refractivity contribution in [2.45, 2.75) is 5.75 Å². The van der Waals surface area contributed by atoms with Crippen LogP contribution in [-0.4, -0.2) is 23.8 Å². The zero-order chi connectivity index (χ0) is 14.0. The minimum Gasteiger partial charge on any atom is -0.281 e. The average Bonchev–Trinajstić information content (AvgIpc) is 2.33. The molecule has 0 saturated carbocycles. The summed E-state index contributed by atoms with van der Waals surface area (Å²) in [5.41, 5.74) is 4.58. The topological polar surface area (TPSA) is 29.0 Å². The van der Waals surface area contributed by atoms with Gasteiger partial charge in [-0.2, -0.15) is 0 Å². The van der Waals surface area contributed by atoms with E-state index >= 15 is 0 Å². The lowest BCUT2D eigenvalue weighted by molar-refractivity contribution is -0.462. The van der Waals surface area contributed by atoms with Crippen LogP contribution in [0.3, 0.4) is 0 Å². The van der Waals surface area contributed by atoms with Crippen LogP contribution in [0.2, 0.25) is 0 Å². The third-order valence-electron chi connectivity index (χ3n) is 2.11. The Morgan fingerprint density at radius 3 is 1.72 bits per heavy atom. The highest BCUT2D eigenvalue weighted by Crippen LogP contribution is 2.26. The van der Waals surface area contributed by atoms with E-state index in [-0.39, 0.29) is 5.17 Å². The Balaban J connectivity index is 3.15. The molecule has 0 atom stereocenters. The maximum absolute atomic E-state index is 13.3. The molecule has 1 aromatic carbocycles. The van der Waals surface area contributed by atoms with E-state index in [0.717, 1.165) is 11.8 Å². The molecule has 18 heavy (non-hydrogen) atoms. The lowest BCUT2D eigenvalue weighted by atomic mass is 10.2. The Morgan fingerprint density at radius 1 is 0.944 bits per heavy atom. The van der Waals surface area contributed by atoms with Crippen LogP contribution in [0, 0.1) is 29.1 Å². The van der Waals surface area contributed by atoms with E-state index in [9.17, 15) is 22.0 Å². The van der Waals surface area contributed by atoms with E-state index in [4.69, 9.17) is 5.73 Å². The molecule has 100 valence electrons. The first-order valence-electron chi connectivity index (χ1n) is 4.70. The molecule has 1 aromatic rings. The van der Waals surface area contributed by atoms with Crippen LogP contribution in [0.5, 0.6) is 0 Å². The van der Waals surface area contributed by atoms with Crippen molar-refractivity contribution in [2.75, 3.05) is 14.1 Å². The summed E-state index contributed by atoms with van der Waals surface area (Å²) >= 11 is 0.774. The Labute approximate surface area is 104 Å². The first kappa shape index (κ1) is 14.7. The number of nitrogens with two attached hydrogens (primary N) is 1. The maximum Gasteiger partial charge on any atom is 0.303 e. The second kappa shape index (κ2) is 5.55. The fraction of sp³-hybridized carbons (Fsp3) is 0.300. The summed E-state index contributed by atoms with van der Waals surface area (Å²) in [5, 5.41) is 0.193. The Morgan fingerprint density at radius 2 is 1.33 bits per heavy atom. The predicted octanol–water partition coefficient (Wildman–Crippen LogP) is 2.20. The molecule has 0 aliphatic carbocycles. The van der Waals surface area contributed by atoms with E-state index in [1.54, 1.807) is 14.1 Å². The van der Waals surface area contributed by atoms with E-state index in [2.05, 4.69) is 0 Å². The number of benzene rings is 1. The molecule has 8 heteroatoms. The summed E-state index contributed by atoms with van der Waals surface area (Å²) in [7, 11) is 3.17. The van der Waals surface area contributed by atoms with Crippen molar-refractivity contribution in [2.24, 2.45) is 5.73 Å². The van der Waals surface area contributed by atoms with Crippen molar-refractivity contribution in [1.29, 1.82) is 0 Å². The first-order valence-corrected chi connectivity index (χ1v) is 5.68. The van der Waals surface area contributed by atoms with Gasteiger partial charge in [-0.05, 0) is 11.8 Å². The molecule has 0 fully saturated rings. The third kappa shape index (κ3) is 2.74. The molecule has 2 nitrogen and oxygen atoms in total. The summed E-state index contributed by atoms with van der Waals surface area (Å²) in [6.07, 6.45) is 0. The van der Waals surface area contributed by atoms with E-state index < -0.39 is 40.4 Å². The minimum atomic E-state index is -2.16. The largest absolute Gasteiger partial charge is 0.303 e. The van der Waals surface area contributed by atoms with Gasteiger partial charge in [0.15, 0.2) is 23.3 Å². The van der Waals surface area contributed by atoms with Gasteiger partial charge in [-0.3, -0.25) is 10.3 Å². The summed E-state index contributed by atoms with van der Waals surface area (Å²) in [6, 6.07) is 0. The van der Waals surface area contributed by atoms with Crippen LogP contribution >= 0.6 is 11.8 Å². The number of halogens is 5. The fourth-order valence-electron chi connectivity index (χ4n) is 1.05. The number of nitrogens with zero attached hydrogens (tertiary/aromatic N) is 1. The molecule has 0 aromatic heterocycles. The van der Waals surface area contributed by atoms with Crippen molar-refractivity contribution < 1.29 is 26.5 Å². The van der Waals surface area contributed by atoms with Crippen LogP contribution in [0.25, 0.3) is 0 Å². The van der Waals surface area contributed by atoms with Crippen molar-refractivity contribution in [3.8, 4) is 0 Å². The van der Waals surface area contributed by atoms with Gasteiger partial charge < -0.3 is 0 Å². The van der Waals surface area contributed by atoms with Crippen LogP contribution in [-0.2, 0) is 5.75 Å². The number of rotatable bonds is 2. The van der Waals surface area contributed by atoms with Crippen LogP contribution in [0.15, 0.2) is 0 Å². The number of hydrogen-bond acceptors (Lipinski definition) is 1. The number of amidine groups is 1. The van der Waals surface area contributed by atoms with Crippen molar-refractivity contribution in [3.05, 3.63) is 34.6 Å². The molecule has 0 amide bonds. The monoisotopic (exact) mass is 285 g/mol. The standard InChI is InChI=1S/C10H9F5N2S/c1-17(2)10(16)18-3-4-5(11)7(13)9(15)8(14)6(4)12/h16H,3H2,1-2H3/p+1. The van der Waals surface area contributed by atoms with E-state index in [1.807, 2.05) is 0 Å². The number of hydrogen-bond donors (Lipinski definition) is 1. The minimum absolute atomic E-state index is 0.193. The van der Waals surface area contributed by atoms with E-state index in [1.165, 1.54) is 4.58 Å². The van der Waals surface area contributed by atoms with Gasteiger partial charge in [0.05, 0.1) is 14.1 Å². The smallest absolute Gasteiger partial charge is 0.281 e. The van der Waals surface area contributed by atoms with Gasteiger partial charge in [0.1, 0.15) is 0 Å². The van der Waals surface area contributed by atoms with Gasteiger partial charge in [0.2, 0.25) is 5.82 Å². The quantitative estimate of drug-likeness (QED) is 0.225. The Hall–Kier alpha value is -1.31. The molecule has 0 heterocycles. The van der Waals surface area contributed by atoms with Gasteiger partial charge in [-0.25, -0.2) is 22.0 Å². The first-order chi connectivity index (χ1) is 8.27. The van der Waals surface area contributed by atoms with Crippen LogP contribution in [0.1, 0.15) is 5.56 Å². The van der Waals surface area contributed by atoms with Gasteiger partial charge in [0, 0.05) is 11.3 Å². The van der Waals surface area contributed by atoms with Gasteiger partial charge in [0.25, 0.3) is 0 Å². The molecule has 1 rings (SSSR count). The van der Waals surface area contributed by atoms with Crippen molar-refractivity contribution in [3.63, 3.8) is 0 Å². The molecule has 0 saturated heterocycles.